The first-order valence-electron chi connectivity index (χ1n) is 4.14. The molecule has 0 bridgehead atoms. The summed E-state index contributed by atoms with van der Waals surface area (Å²) in [5.74, 6) is -0.487. The van der Waals surface area contributed by atoms with Gasteiger partial charge in [-0.15, -0.1) is 13.2 Å². The molecule has 0 aromatic heterocycles. The molecule has 0 aliphatic heterocycles. The number of para-hydroxylation sites is 2. The van der Waals surface area contributed by atoms with Crippen LogP contribution in [0.5, 0.6) is 11.5 Å². The van der Waals surface area contributed by atoms with E-state index in [0.29, 0.717) is 0 Å². The van der Waals surface area contributed by atoms with Gasteiger partial charge in [0.1, 0.15) is 11.6 Å². The standard InChI is InChI=1S/C9H8F3NO2S/c10-9(11,12)15-7-4-2-1-3-6(7)14-5-8(13)16/h1-4H,5H2,(H2,13,16). The van der Waals surface area contributed by atoms with E-state index in [-0.39, 0.29) is 17.3 Å². The molecule has 1 rings (SSSR count). The van der Waals surface area contributed by atoms with Gasteiger partial charge in [0.15, 0.2) is 11.5 Å². The number of halogens is 3. The van der Waals surface area contributed by atoms with Crippen LogP contribution in [0.2, 0.25) is 0 Å². The van der Waals surface area contributed by atoms with E-state index in [1.54, 1.807) is 0 Å². The number of benzene rings is 1. The van der Waals surface area contributed by atoms with E-state index in [1.807, 2.05) is 0 Å². The Balaban J connectivity index is 2.79. The molecule has 0 spiro atoms. The summed E-state index contributed by atoms with van der Waals surface area (Å²) in [5, 5.41) is 0. The Morgan fingerprint density at radius 3 is 2.31 bits per heavy atom. The minimum Gasteiger partial charge on any atom is -0.483 e. The van der Waals surface area contributed by atoms with Crippen LogP contribution in [0.4, 0.5) is 13.2 Å². The normalized spacial score (nSPS) is 10.9. The second-order valence-electron chi connectivity index (χ2n) is 2.75. The Hall–Kier alpha value is -1.50. The molecular formula is C9H8F3NO2S. The molecule has 2 N–H and O–H groups in total. The van der Waals surface area contributed by atoms with Gasteiger partial charge in [0.05, 0.1) is 0 Å². The summed E-state index contributed by atoms with van der Waals surface area (Å²) in [5.41, 5.74) is 5.16. The number of alkyl halides is 3. The molecule has 0 saturated heterocycles. The number of hydrogen-bond donors (Lipinski definition) is 1. The fourth-order valence-corrected chi connectivity index (χ4v) is 0.986. The number of ether oxygens (including phenoxy) is 2. The van der Waals surface area contributed by atoms with Crippen LogP contribution in [0.15, 0.2) is 24.3 Å². The van der Waals surface area contributed by atoms with Crippen LogP contribution in [-0.4, -0.2) is 18.0 Å². The summed E-state index contributed by atoms with van der Waals surface area (Å²) in [6, 6.07) is 5.38. The first-order chi connectivity index (χ1) is 7.38. The fraction of sp³-hybridized carbons (Fsp3) is 0.222. The molecule has 3 nitrogen and oxygen atoms in total. The Morgan fingerprint density at radius 2 is 1.81 bits per heavy atom. The highest BCUT2D eigenvalue weighted by molar-refractivity contribution is 7.80. The summed E-state index contributed by atoms with van der Waals surface area (Å²) < 4.78 is 44.7. The molecule has 0 aliphatic rings. The highest BCUT2D eigenvalue weighted by atomic mass is 32.1. The van der Waals surface area contributed by atoms with Crippen LogP contribution in [0.1, 0.15) is 0 Å². The highest BCUT2D eigenvalue weighted by Crippen LogP contribution is 2.31. The Morgan fingerprint density at radius 1 is 1.25 bits per heavy atom. The van der Waals surface area contributed by atoms with Gasteiger partial charge >= 0.3 is 6.36 Å². The van der Waals surface area contributed by atoms with Gasteiger partial charge in [0.2, 0.25) is 0 Å². The third-order valence-corrected chi connectivity index (χ3v) is 1.56. The molecule has 0 radical (unpaired) electrons. The lowest BCUT2D eigenvalue weighted by molar-refractivity contribution is -0.275. The van der Waals surface area contributed by atoms with Gasteiger partial charge in [0.25, 0.3) is 0 Å². The average molecular weight is 251 g/mol. The first kappa shape index (κ1) is 12.6. The van der Waals surface area contributed by atoms with E-state index < -0.39 is 12.1 Å². The van der Waals surface area contributed by atoms with Crippen molar-refractivity contribution in [1.29, 1.82) is 0 Å². The quantitative estimate of drug-likeness (QED) is 0.833. The molecule has 88 valence electrons. The summed E-state index contributed by atoms with van der Waals surface area (Å²) in [4.78, 5) is 0.0433. The predicted molar refractivity (Wildman–Crippen MR) is 55.4 cm³/mol. The zero-order valence-electron chi connectivity index (χ0n) is 7.95. The maximum absolute atomic E-state index is 12.0. The lowest BCUT2D eigenvalue weighted by Gasteiger charge is -2.13. The van der Waals surface area contributed by atoms with Gasteiger partial charge in [-0.2, -0.15) is 0 Å². The molecular weight excluding hydrogens is 243 g/mol. The number of rotatable bonds is 4. The second-order valence-corrected chi connectivity index (χ2v) is 3.27. The largest absolute Gasteiger partial charge is 0.573 e. The van der Waals surface area contributed by atoms with Crippen molar-refractivity contribution in [2.45, 2.75) is 6.36 Å². The van der Waals surface area contributed by atoms with Crippen molar-refractivity contribution in [1.82, 2.24) is 0 Å². The van der Waals surface area contributed by atoms with Crippen LogP contribution < -0.4 is 15.2 Å². The van der Waals surface area contributed by atoms with Crippen molar-refractivity contribution in [3.63, 3.8) is 0 Å². The Kier molecular flexibility index (Phi) is 3.94. The average Bonchev–Trinajstić information content (AvgIpc) is 2.14. The lowest BCUT2D eigenvalue weighted by atomic mass is 10.3. The first-order valence-corrected chi connectivity index (χ1v) is 4.55. The van der Waals surface area contributed by atoms with Crippen LogP contribution in [-0.2, 0) is 0 Å². The molecule has 7 heteroatoms. The molecule has 0 fully saturated rings. The van der Waals surface area contributed by atoms with Crippen molar-refractivity contribution >= 4 is 17.2 Å². The molecule has 0 atom stereocenters. The van der Waals surface area contributed by atoms with E-state index >= 15 is 0 Å². The topological polar surface area (TPSA) is 44.5 Å². The van der Waals surface area contributed by atoms with Gasteiger partial charge in [-0.1, -0.05) is 24.4 Å². The number of thiocarbonyl (C=S) groups is 1. The molecule has 0 heterocycles. The Labute approximate surface area is 94.9 Å². The molecule has 1 aromatic carbocycles. The van der Waals surface area contributed by atoms with Gasteiger partial charge in [-0.25, -0.2) is 0 Å². The summed E-state index contributed by atoms with van der Waals surface area (Å²) in [6.07, 6.45) is -4.76. The SMILES string of the molecule is NC(=S)COc1ccccc1OC(F)(F)F. The zero-order valence-corrected chi connectivity index (χ0v) is 8.77. The minimum absolute atomic E-state index is 0.0433. The smallest absolute Gasteiger partial charge is 0.483 e. The van der Waals surface area contributed by atoms with Crippen LogP contribution in [0, 0.1) is 0 Å². The second kappa shape index (κ2) is 5.02. The van der Waals surface area contributed by atoms with Gasteiger partial charge in [-0.3, -0.25) is 0 Å². The summed E-state index contributed by atoms with van der Waals surface area (Å²) >= 11 is 4.54. The molecule has 0 saturated carbocycles. The monoisotopic (exact) mass is 251 g/mol. The third-order valence-electron chi connectivity index (χ3n) is 1.44. The van der Waals surface area contributed by atoms with Crippen molar-refractivity contribution in [2.75, 3.05) is 6.61 Å². The van der Waals surface area contributed by atoms with Crippen LogP contribution in [0.3, 0.4) is 0 Å². The molecule has 16 heavy (non-hydrogen) atoms. The highest BCUT2D eigenvalue weighted by Gasteiger charge is 2.32. The van der Waals surface area contributed by atoms with Crippen molar-refractivity contribution < 1.29 is 22.6 Å². The maximum atomic E-state index is 12.0. The van der Waals surface area contributed by atoms with Crippen LogP contribution >= 0.6 is 12.2 Å². The van der Waals surface area contributed by atoms with E-state index in [1.165, 1.54) is 18.2 Å². The predicted octanol–water partition coefficient (Wildman–Crippen LogP) is 2.25. The molecule has 0 unspecified atom stereocenters. The summed E-state index contributed by atoms with van der Waals surface area (Å²) in [6.45, 7) is -0.145. The van der Waals surface area contributed by atoms with E-state index in [4.69, 9.17) is 10.5 Å². The van der Waals surface area contributed by atoms with Gasteiger partial charge < -0.3 is 15.2 Å². The Bertz CT molecular complexity index is 381. The van der Waals surface area contributed by atoms with Gasteiger partial charge in [0, 0.05) is 0 Å². The number of nitrogens with two attached hydrogens (primary N) is 1. The zero-order chi connectivity index (χ0) is 12.2. The van der Waals surface area contributed by atoms with Crippen molar-refractivity contribution in [3.8, 4) is 11.5 Å². The molecule has 0 aliphatic carbocycles. The van der Waals surface area contributed by atoms with E-state index in [0.717, 1.165) is 6.07 Å². The number of hydrogen-bond acceptors (Lipinski definition) is 3. The third kappa shape index (κ3) is 4.35. The molecule has 0 amide bonds. The van der Waals surface area contributed by atoms with Crippen molar-refractivity contribution in [2.24, 2.45) is 5.73 Å². The fourth-order valence-electron chi connectivity index (χ4n) is 0.927. The van der Waals surface area contributed by atoms with Crippen molar-refractivity contribution in [3.05, 3.63) is 24.3 Å². The van der Waals surface area contributed by atoms with E-state index in [9.17, 15) is 13.2 Å². The van der Waals surface area contributed by atoms with Crippen LogP contribution in [0.25, 0.3) is 0 Å². The lowest BCUT2D eigenvalue weighted by Crippen LogP contribution is -2.20. The summed E-state index contributed by atoms with van der Waals surface area (Å²) in [7, 11) is 0. The minimum atomic E-state index is -4.76. The van der Waals surface area contributed by atoms with E-state index in [2.05, 4.69) is 17.0 Å². The maximum Gasteiger partial charge on any atom is 0.573 e. The van der Waals surface area contributed by atoms with Gasteiger partial charge in [-0.05, 0) is 12.1 Å². The molecule has 1 aromatic rings.